The maximum absolute atomic E-state index is 2.47. The number of rotatable bonds is 9. The van der Waals surface area contributed by atoms with Crippen molar-refractivity contribution in [2.45, 2.75) is 45.4 Å². The third kappa shape index (κ3) is 10.6. The summed E-state index contributed by atoms with van der Waals surface area (Å²) in [5, 5.41) is 0. The van der Waals surface area contributed by atoms with E-state index < -0.39 is 0 Å². The summed E-state index contributed by atoms with van der Waals surface area (Å²) in [7, 11) is 2.25. The molecule has 0 bridgehead atoms. The smallest absolute Gasteiger partial charge is 0.000425 e. The first-order valence-corrected chi connectivity index (χ1v) is 7.08. The van der Waals surface area contributed by atoms with Crippen molar-refractivity contribution in [2.24, 2.45) is 0 Å². The molecule has 0 heterocycles. The summed E-state index contributed by atoms with van der Waals surface area (Å²) in [6.07, 6.45) is 8.29. The fraction of sp³-hybridized carbons (Fsp3) is 1.00. The molecular weight excluding hydrogens is 273 g/mol. The average molecular weight is 297 g/mol. The molecule has 0 aliphatic rings. The monoisotopic (exact) mass is 297 g/mol. The SMILES string of the molecule is CCCCCCN(C)CCCCI. The molecule has 1 nitrogen and oxygen atoms in total. The minimum atomic E-state index is 1.29. The molecule has 0 fully saturated rings. The minimum absolute atomic E-state index is 1.29. The Kier molecular flexibility index (Phi) is 11.3. The summed E-state index contributed by atoms with van der Waals surface area (Å²) < 4.78 is 1.31. The van der Waals surface area contributed by atoms with Crippen molar-refractivity contribution >= 4 is 22.6 Å². The van der Waals surface area contributed by atoms with Gasteiger partial charge >= 0.3 is 0 Å². The van der Waals surface area contributed by atoms with Crippen LogP contribution >= 0.6 is 22.6 Å². The number of hydrogen-bond acceptors (Lipinski definition) is 1. The molecule has 0 aliphatic heterocycles. The Bertz CT molecular complexity index is 96.1. The lowest BCUT2D eigenvalue weighted by Crippen LogP contribution is -2.20. The van der Waals surface area contributed by atoms with Crippen LogP contribution < -0.4 is 0 Å². The van der Waals surface area contributed by atoms with Gasteiger partial charge in [-0.15, -0.1) is 0 Å². The Labute approximate surface area is 97.4 Å². The van der Waals surface area contributed by atoms with Crippen LogP contribution in [0.2, 0.25) is 0 Å². The van der Waals surface area contributed by atoms with E-state index >= 15 is 0 Å². The second-order valence-corrected chi connectivity index (χ2v) is 4.84. The molecule has 0 atom stereocenters. The lowest BCUT2D eigenvalue weighted by atomic mass is 10.2. The van der Waals surface area contributed by atoms with Crippen molar-refractivity contribution in [3.63, 3.8) is 0 Å². The Hall–Kier alpha value is 0.690. The van der Waals surface area contributed by atoms with Crippen molar-refractivity contribution < 1.29 is 0 Å². The molecule has 0 radical (unpaired) electrons. The highest BCUT2D eigenvalue weighted by atomic mass is 127. The van der Waals surface area contributed by atoms with Crippen molar-refractivity contribution in [3.8, 4) is 0 Å². The second kappa shape index (κ2) is 10.8. The van der Waals surface area contributed by atoms with E-state index in [1.54, 1.807) is 0 Å². The number of hydrogen-bond donors (Lipinski definition) is 0. The molecule has 0 aromatic carbocycles. The van der Waals surface area contributed by atoms with Gasteiger partial charge in [0.1, 0.15) is 0 Å². The van der Waals surface area contributed by atoms with Gasteiger partial charge in [-0.2, -0.15) is 0 Å². The van der Waals surface area contributed by atoms with Crippen molar-refractivity contribution in [2.75, 3.05) is 24.6 Å². The Morgan fingerprint density at radius 1 is 0.923 bits per heavy atom. The fourth-order valence-corrected chi connectivity index (χ4v) is 1.94. The summed E-state index contributed by atoms with van der Waals surface area (Å²) in [5.41, 5.74) is 0. The molecule has 13 heavy (non-hydrogen) atoms. The van der Waals surface area contributed by atoms with E-state index in [1.165, 1.54) is 56.0 Å². The van der Waals surface area contributed by atoms with Gasteiger partial charge in [0.2, 0.25) is 0 Å². The molecule has 0 aromatic rings. The van der Waals surface area contributed by atoms with Crippen LogP contribution in [-0.4, -0.2) is 29.5 Å². The van der Waals surface area contributed by atoms with Crippen LogP contribution in [0.15, 0.2) is 0 Å². The molecule has 2 heteroatoms. The first-order valence-electron chi connectivity index (χ1n) is 5.55. The van der Waals surface area contributed by atoms with Gasteiger partial charge in [0, 0.05) is 0 Å². The first kappa shape index (κ1) is 13.7. The minimum Gasteiger partial charge on any atom is -0.306 e. The van der Waals surface area contributed by atoms with Crippen LogP contribution in [0.3, 0.4) is 0 Å². The van der Waals surface area contributed by atoms with Crippen molar-refractivity contribution in [3.05, 3.63) is 0 Å². The van der Waals surface area contributed by atoms with Crippen LogP contribution in [0.4, 0.5) is 0 Å². The Morgan fingerprint density at radius 2 is 1.54 bits per heavy atom. The van der Waals surface area contributed by atoms with Crippen LogP contribution in [0.1, 0.15) is 45.4 Å². The number of halogens is 1. The van der Waals surface area contributed by atoms with E-state index in [0.29, 0.717) is 0 Å². The fourth-order valence-electron chi connectivity index (χ4n) is 1.40. The highest BCUT2D eigenvalue weighted by molar-refractivity contribution is 14.1. The second-order valence-electron chi connectivity index (χ2n) is 3.76. The van der Waals surface area contributed by atoms with E-state index in [1.807, 2.05) is 0 Å². The van der Waals surface area contributed by atoms with Gasteiger partial charge in [-0.3, -0.25) is 0 Å². The molecule has 0 spiro atoms. The van der Waals surface area contributed by atoms with E-state index in [2.05, 4.69) is 41.5 Å². The molecule has 80 valence electrons. The average Bonchev–Trinajstić information content (AvgIpc) is 2.13. The predicted molar refractivity (Wildman–Crippen MR) is 69.8 cm³/mol. The summed E-state index contributed by atoms with van der Waals surface area (Å²) in [6.45, 7) is 4.85. The van der Waals surface area contributed by atoms with Gasteiger partial charge < -0.3 is 4.90 Å². The largest absolute Gasteiger partial charge is 0.306 e. The van der Waals surface area contributed by atoms with Gasteiger partial charge in [-0.1, -0.05) is 48.8 Å². The zero-order chi connectivity index (χ0) is 9.94. The molecule has 0 rings (SSSR count). The maximum atomic E-state index is 2.47. The summed E-state index contributed by atoms with van der Waals surface area (Å²) >= 11 is 2.46. The van der Waals surface area contributed by atoms with Gasteiger partial charge in [0.05, 0.1) is 0 Å². The van der Waals surface area contributed by atoms with Crippen LogP contribution in [-0.2, 0) is 0 Å². The standard InChI is InChI=1S/C11H24IN/c1-3-4-5-7-10-13(2)11-8-6-9-12/h3-11H2,1-2H3. The Balaban J connectivity index is 3.05. The van der Waals surface area contributed by atoms with Crippen LogP contribution in [0.25, 0.3) is 0 Å². The molecule has 0 amide bonds. The number of nitrogens with zero attached hydrogens (tertiary/aromatic N) is 1. The van der Waals surface area contributed by atoms with Gasteiger partial charge in [-0.25, -0.2) is 0 Å². The van der Waals surface area contributed by atoms with Gasteiger partial charge in [0.25, 0.3) is 0 Å². The summed E-state index contributed by atoms with van der Waals surface area (Å²) in [5.74, 6) is 0. The molecular formula is C11H24IN. The van der Waals surface area contributed by atoms with E-state index in [9.17, 15) is 0 Å². The highest BCUT2D eigenvalue weighted by Crippen LogP contribution is 2.01. The lowest BCUT2D eigenvalue weighted by Gasteiger charge is -2.15. The highest BCUT2D eigenvalue weighted by Gasteiger charge is 1.96. The normalized spacial score (nSPS) is 11.1. The number of alkyl halides is 1. The lowest BCUT2D eigenvalue weighted by molar-refractivity contribution is 0.319. The molecule has 0 saturated heterocycles. The van der Waals surface area contributed by atoms with Crippen molar-refractivity contribution in [1.29, 1.82) is 0 Å². The predicted octanol–water partition coefficient (Wildman–Crippen LogP) is 3.71. The summed E-state index contributed by atoms with van der Waals surface area (Å²) in [4.78, 5) is 2.47. The quantitative estimate of drug-likeness (QED) is 0.356. The molecule has 0 N–H and O–H groups in total. The molecule has 0 unspecified atom stereocenters. The number of unbranched alkanes of at least 4 members (excludes halogenated alkanes) is 4. The van der Waals surface area contributed by atoms with Crippen LogP contribution in [0, 0.1) is 0 Å². The van der Waals surface area contributed by atoms with Gasteiger partial charge in [0.15, 0.2) is 0 Å². The zero-order valence-corrected chi connectivity index (χ0v) is 11.3. The van der Waals surface area contributed by atoms with E-state index in [-0.39, 0.29) is 0 Å². The molecule has 0 aromatic heterocycles. The first-order chi connectivity index (χ1) is 6.31. The van der Waals surface area contributed by atoms with E-state index in [4.69, 9.17) is 0 Å². The van der Waals surface area contributed by atoms with Crippen LogP contribution in [0.5, 0.6) is 0 Å². The third-order valence-electron chi connectivity index (χ3n) is 2.32. The summed E-state index contributed by atoms with van der Waals surface area (Å²) in [6, 6.07) is 0. The Morgan fingerprint density at radius 3 is 2.08 bits per heavy atom. The third-order valence-corrected chi connectivity index (χ3v) is 3.08. The molecule has 0 saturated carbocycles. The van der Waals surface area contributed by atoms with E-state index in [0.717, 1.165) is 0 Å². The maximum Gasteiger partial charge on any atom is -0.000425 e. The molecule has 0 aliphatic carbocycles. The topological polar surface area (TPSA) is 3.24 Å². The zero-order valence-electron chi connectivity index (χ0n) is 9.19. The van der Waals surface area contributed by atoms with Crippen molar-refractivity contribution in [1.82, 2.24) is 4.90 Å². The van der Waals surface area contributed by atoms with Gasteiger partial charge in [-0.05, 0) is 43.8 Å².